The van der Waals surface area contributed by atoms with Gasteiger partial charge in [0.1, 0.15) is 0 Å². The van der Waals surface area contributed by atoms with Crippen molar-refractivity contribution in [1.29, 1.82) is 0 Å². The lowest BCUT2D eigenvalue weighted by atomic mass is 10.1. The summed E-state index contributed by atoms with van der Waals surface area (Å²) in [7, 11) is 2.08. The zero-order valence-corrected chi connectivity index (χ0v) is 16.3. The number of aliphatic imine (C=N–C) groups is 1. The SMILES string of the molecule is CN1CCOC(CNc2ncc(-c3cccc(CNC(=O)N=C(N)N)c3)cn2)C1. The van der Waals surface area contributed by atoms with E-state index >= 15 is 0 Å². The Hall–Kier alpha value is -3.24. The number of morpholine rings is 1. The number of guanidine groups is 1. The minimum absolute atomic E-state index is 0.128. The molecule has 0 aliphatic carbocycles. The lowest BCUT2D eigenvalue weighted by Crippen LogP contribution is -2.43. The molecular formula is C19H26N8O2. The number of urea groups is 1. The van der Waals surface area contributed by atoms with Crippen molar-refractivity contribution >= 4 is 17.9 Å². The molecular weight excluding hydrogens is 372 g/mol. The van der Waals surface area contributed by atoms with Crippen molar-refractivity contribution in [3.63, 3.8) is 0 Å². The lowest BCUT2D eigenvalue weighted by molar-refractivity contribution is -0.0117. The van der Waals surface area contributed by atoms with Gasteiger partial charge in [0.2, 0.25) is 5.95 Å². The number of hydrogen-bond acceptors (Lipinski definition) is 6. The van der Waals surface area contributed by atoms with Gasteiger partial charge in [-0.2, -0.15) is 4.99 Å². The van der Waals surface area contributed by atoms with Gasteiger partial charge in [-0.3, -0.25) is 0 Å². The van der Waals surface area contributed by atoms with Crippen LogP contribution in [-0.2, 0) is 11.3 Å². The van der Waals surface area contributed by atoms with Crippen LogP contribution in [0.25, 0.3) is 11.1 Å². The Kier molecular flexibility index (Phi) is 6.93. The number of carbonyl (C=O) groups excluding carboxylic acids is 1. The van der Waals surface area contributed by atoms with Crippen molar-refractivity contribution in [2.24, 2.45) is 16.5 Å². The number of hydrogen-bond donors (Lipinski definition) is 4. The molecule has 0 spiro atoms. The van der Waals surface area contributed by atoms with Gasteiger partial charge in [-0.05, 0) is 24.2 Å². The maximum absolute atomic E-state index is 11.5. The number of likely N-dealkylation sites (N-methyl/N-ethyl adjacent to an activating group) is 1. The molecule has 1 atom stereocenters. The monoisotopic (exact) mass is 398 g/mol. The normalized spacial score (nSPS) is 16.8. The number of aromatic nitrogens is 2. The maximum atomic E-state index is 11.5. The van der Waals surface area contributed by atoms with Crippen molar-refractivity contribution in [1.82, 2.24) is 20.2 Å². The highest BCUT2D eigenvalue weighted by molar-refractivity contribution is 5.90. The van der Waals surface area contributed by atoms with Gasteiger partial charge in [0.25, 0.3) is 0 Å². The van der Waals surface area contributed by atoms with Crippen LogP contribution in [0, 0.1) is 0 Å². The molecule has 1 aromatic carbocycles. The third-order valence-electron chi connectivity index (χ3n) is 4.42. The second kappa shape index (κ2) is 9.80. The first-order valence-corrected chi connectivity index (χ1v) is 9.32. The molecule has 2 heterocycles. The molecule has 1 aromatic heterocycles. The molecule has 0 radical (unpaired) electrons. The van der Waals surface area contributed by atoms with Gasteiger partial charge in [-0.1, -0.05) is 18.2 Å². The summed E-state index contributed by atoms with van der Waals surface area (Å²) in [5, 5.41) is 5.85. The molecule has 154 valence electrons. The van der Waals surface area contributed by atoms with Crippen LogP contribution < -0.4 is 22.1 Å². The Labute approximate surface area is 169 Å². The van der Waals surface area contributed by atoms with Gasteiger partial charge in [-0.25, -0.2) is 14.8 Å². The van der Waals surface area contributed by atoms with Crippen molar-refractivity contribution in [3.05, 3.63) is 42.2 Å². The van der Waals surface area contributed by atoms with Crippen LogP contribution in [0.4, 0.5) is 10.7 Å². The highest BCUT2D eigenvalue weighted by Crippen LogP contribution is 2.19. The van der Waals surface area contributed by atoms with E-state index in [1.807, 2.05) is 24.3 Å². The number of nitrogens with two attached hydrogens (primary N) is 2. The van der Waals surface area contributed by atoms with E-state index in [1.54, 1.807) is 12.4 Å². The Bertz CT molecular complexity index is 852. The van der Waals surface area contributed by atoms with E-state index in [4.69, 9.17) is 16.2 Å². The number of anilines is 1. The van der Waals surface area contributed by atoms with Gasteiger partial charge in [-0.15, -0.1) is 0 Å². The predicted octanol–water partition coefficient (Wildman–Crippen LogP) is 0.369. The van der Waals surface area contributed by atoms with E-state index < -0.39 is 6.03 Å². The summed E-state index contributed by atoms with van der Waals surface area (Å²) < 4.78 is 5.73. The molecule has 29 heavy (non-hydrogen) atoms. The first-order valence-electron chi connectivity index (χ1n) is 9.32. The molecule has 0 saturated carbocycles. The molecule has 2 aromatic rings. The van der Waals surface area contributed by atoms with Crippen LogP contribution in [0.15, 0.2) is 41.7 Å². The van der Waals surface area contributed by atoms with Crippen LogP contribution in [0.1, 0.15) is 5.56 Å². The van der Waals surface area contributed by atoms with E-state index in [-0.39, 0.29) is 12.1 Å². The summed E-state index contributed by atoms with van der Waals surface area (Å²) in [5.41, 5.74) is 13.1. The highest BCUT2D eigenvalue weighted by Gasteiger charge is 2.17. The second-order valence-corrected chi connectivity index (χ2v) is 6.83. The molecule has 10 nitrogen and oxygen atoms in total. The van der Waals surface area contributed by atoms with Gasteiger partial charge in [0.05, 0.1) is 12.7 Å². The zero-order chi connectivity index (χ0) is 20.6. The summed E-state index contributed by atoms with van der Waals surface area (Å²) >= 11 is 0. The van der Waals surface area contributed by atoms with E-state index in [2.05, 4.69) is 37.5 Å². The summed E-state index contributed by atoms with van der Waals surface area (Å²) in [6.45, 7) is 3.55. The van der Waals surface area contributed by atoms with E-state index in [0.717, 1.165) is 36.4 Å². The summed E-state index contributed by atoms with van der Waals surface area (Å²) in [6, 6.07) is 7.13. The van der Waals surface area contributed by atoms with Crippen molar-refractivity contribution in [2.45, 2.75) is 12.6 Å². The standard InChI is InChI=1S/C19H26N8O2/c1-27-5-6-29-16(12-27)11-24-18-22-9-15(10-23-18)14-4-2-3-13(7-14)8-25-19(28)26-17(20)21/h2-4,7,9-10,16H,5-6,8,11-12H2,1H3,(H,22,23,24)(H5,20,21,25,26,28). The molecule has 3 rings (SSSR count). The first kappa shape index (κ1) is 20.5. The number of nitrogens with one attached hydrogen (secondary N) is 2. The molecule has 1 fully saturated rings. The number of amides is 2. The first-order chi connectivity index (χ1) is 14.0. The third kappa shape index (κ3) is 6.40. The van der Waals surface area contributed by atoms with Gasteiger partial charge >= 0.3 is 6.03 Å². The fourth-order valence-corrected chi connectivity index (χ4v) is 2.96. The number of nitrogens with zero attached hydrogens (tertiary/aromatic N) is 4. The summed E-state index contributed by atoms with van der Waals surface area (Å²) in [6.07, 6.45) is 3.66. The zero-order valence-electron chi connectivity index (χ0n) is 16.3. The number of carbonyl (C=O) groups is 1. The van der Waals surface area contributed by atoms with Crippen LogP contribution in [-0.4, -0.2) is 66.3 Å². The highest BCUT2D eigenvalue weighted by atomic mass is 16.5. The smallest absolute Gasteiger partial charge is 0.344 e. The molecule has 1 aliphatic rings. The Morgan fingerprint density at radius 3 is 2.83 bits per heavy atom. The molecule has 6 N–H and O–H groups in total. The minimum Gasteiger partial charge on any atom is -0.374 e. The van der Waals surface area contributed by atoms with Crippen LogP contribution in [0.5, 0.6) is 0 Å². The number of rotatable bonds is 6. The fourth-order valence-electron chi connectivity index (χ4n) is 2.96. The summed E-state index contributed by atoms with van der Waals surface area (Å²) in [5.74, 6) is 0.287. The van der Waals surface area contributed by atoms with Crippen LogP contribution >= 0.6 is 0 Å². The largest absolute Gasteiger partial charge is 0.374 e. The predicted molar refractivity (Wildman–Crippen MR) is 111 cm³/mol. The molecule has 0 bridgehead atoms. The lowest BCUT2D eigenvalue weighted by Gasteiger charge is -2.30. The molecule has 1 aliphatic heterocycles. The molecule has 10 heteroatoms. The number of ether oxygens (including phenoxy) is 1. The van der Waals surface area contributed by atoms with Gasteiger partial charge in [0.15, 0.2) is 5.96 Å². The Morgan fingerprint density at radius 2 is 2.10 bits per heavy atom. The van der Waals surface area contributed by atoms with Crippen LogP contribution in [0.3, 0.4) is 0 Å². The van der Waals surface area contributed by atoms with E-state index in [0.29, 0.717) is 19.0 Å². The molecule has 1 saturated heterocycles. The van der Waals surface area contributed by atoms with Gasteiger partial charge in [0, 0.05) is 44.1 Å². The third-order valence-corrected chi connectivity index (χ3v) is 4.42. The number of benzene rings is 1. The quantitative estimate of drug-likeness (QED) is 0.404. The fraction of sp³-hybridized carbons (Fsp3) is 0.368. The Balaban J connectivity index is 1.56. The summed E-state index contributed by atoms with van der Waals surface area (Å²) in [4.78, 5) is 26.0. The second-order valence-electron chi connectivity index (χ2n) is 6.83. The average molecular weight is 398 g/mol. The molecule has 1 unspecified atom stereocenters. The van der Waals surface area contributed by atoms with Crippen molar-refractivity contribution in [2.75, 3.05) is 38.6 Å². The minimum atomic E-state index is -0.581. The van der Waals surface area contributed by atoms with Gasteiger partial charge < -0.3 is 31.7 Å². The van der Waals surface area contributed by atoms with E-state index in [1.165, 1.54) is 0 Å². The maximum Gasteiger partial charge on any atom is 0.344 e. The average Bonchev–Trinajstić information content (AvgIpc) is 2.71. The van der Waals surface area contributed by atoms with Crippen molar-refractivity contribution in [3.8, 4) is 11.1 Å². The Morgan fingerprint density at radius 1 is 1.31 bits per heavy atom. The topological polar surface area (TPSA) is 144 Å². The van der Waals surface area contributed by atoms with Crippen molar-refractivity contribution < 1.29 is 9.53 Å². The van der Waals surface area contributed by atoms with E-state index in [9.17, 15) is 4.79 Å². The van der Waals surface area contributed by atoms with Crippen LogP contribution in [0.2, 0.25) is 0 Å². The molecule has 2 amide bonds.